The maximum Gasteiger partial charge on any atom is 0.410 e. The lowest BCUT2D eigenvalue weighted by Crippen LogP contribution is -2.41. The summed E-state index contributed by atoms with van der Waals surface area (Å²) in [7, 11) is 0. The van der Waals surface area contributed by atoms with Gasteiger partial charge in [-0.3, -0.25) is 19.6 Å². The Kier molecular flexibility index (Phi) is 14.4. The number of piperidine rings is 2. The lowest BCUT2D eigenvalue weighted by Gasteiger charge is -2.33. The minimum Gasteiger partial charge on any atom is -0.444 e. The molecule has 10 nitrogen and oxygen atoms in total. The standard InChI is InChI=1S/C19H29N3O3.C14H21N3O/c1-19(2,3)25-18(24)22-11-8-15(9-12-22)6-7-17(23)21-14-16-5-4-10-20-13-16;18-14(4-3-12-5-8-15-9-6-12)17-11-13-2-1-7-16-10-13/h4-5,10,13,15H,6-9,11-12,14H2,1-3H3,(H,21,23);1-2,7,10,12,15H,3-6,8-9,11H2,(H,17,18). The number of carbonyl (C=O) groups excluding carboxylic acids is 3. The summed E-state index contributed by atoms with van der Waals surface area (Å²) < 4.78 is 5.40. The van der Waals surface area contributed by atoms with Gasteiger partial charge < -0.3 is 25.6 Å². The summed E-state index contributed by atoms with van der Waals surface area (Å²) in [5.74, 6) is 1.43. The highest BCUT2D eigenvalue weighted by Gasteiger charge is 2.27. The molecule has 0 spiro atoms. The summed E-state index contributed by atoms with van der Waals surface area (Å²) in [6.45, 7) is 10.3. The first-order valence-electron chi connectivity index (χ1n) is 15.7. The highest BCUT2D eigenvalue weighted by Crippen LogP contribution is 2.23. The second-order valence-corrected chi connectivity index (χ2v) is 12.5. The Morgan fingerprint density at radius 2 is 1.33 bits per heavy atom. The van der Waals surface area contributed by atoms with Crippen LogP contribution in [-0.4, -0.2) is 64.6 Å². The van der Waals surface area contributed by atoms with Crippen molar-refractivity contribution in [3.05, 3.63) is 60.2 Å². The maximum atomic E-state index is 12.0. The second kappa shape index (κ2) is 18.2. The van der Waals surface area contributed by atoms with E-state index in [1.165, 1.54) is 12.8 Å². The number of carbonyl (C=O) groups is 3. The van der Waals surface area contributed by atoms with Crippen molar-refractivity contribution in [3.63, 3.8) is 0 Å². The van der Waals surface area contributed by atoms with E-state index in [1.807, 2.05) is 45.0 Å². The summed E-state index contributed by atoms with van der Waals surface area (Å²) in [6, 6.07) is 7.66. The van der Waals surface area contributed by atoms with Crippen LogP contribution in [0.5, 0.6) is 0 Å². The van der Waals surface area contributed by atoms with Gasteiger partial charge in [0.05, 0.1) is 0 Å². The molecule has 2 saturated heterocycles. The average molecular weight is 595 g/mol. The smallest absolute Gasteiger partial charge is 0.410 e. The Balaban J connectivity index is 0.000000248. The van der Waals surface area contributed by atoms with Crippen molar-refractivity contribution in [1.82, 2.24) is 30.8 Å². The van der Waals surface area contributed by atoms with Gasteiger partial charge >= 0.3 is 6.09 Å². The van der Waals surface area contributed by atoms with E-state index in [-0.39, 0.29) is 17.9 Å². The monoisotopic (exact) mass is 594 g/mol. The van der Waals surface area contributed by atoms with E-state index >= 15 is 0 Å². The van der Waals surface area contributed by atoms with E-state index in [9.17, 15) is 14.4 Å². The Hall–Kier alpha value is -3.53. The molecule has 2 aromatic heterocycles. The van der Waals surface area contributed by atoms with E-state index < -0.39 is 5.60 Å². The van der Waals surface area contributed by atoms with Crippen molar-refractivity contribution >= 4 is 17.9 Å². The minimum absolute atomic E-state index is 0.0680. The SMILES string of the molecule is CC(C)(C)OC(=O)N1CCC(CCC(=O)NCc2cccnc2)CC1.O=C(CCC1CCNCC1)NCc1cccnc1. The first-order valence-corrected chi connectivity index (χ1v) is 15.7. The third kappa shape index (κ3) is 14.5. The molecule has 2 aliphatic heterocycles. The number of hydrogen-bond acceptors (Lipinski definition) is 7. The van der Waals surface area contributed by atoms with Gasteiger partial charge in [0, 0.05) is 63.8 Å². The molecule has 2 fully saturated rings. The van der Waals surface area contributed by atoms with E-state index in [4.69, 9.17) is 4.74 Å². The molecule has 10 heteroatoms. The van der Waals surface area contributed by atoms with Gasteiger partial charge in [0.1, 0.15) is 5.60 Å². The number of nitrogens with zero attached hydrogens (tertiary/aromatic N) is 3. The molecule has 0 atom stereocenters. The molecule has 43 heavy (non-hydrogen) atoms. The van der Waals surface area contributed by atoms with Crippen LogP contribution in [0, 0.1) is 11.8 Å². The third-order valence-electron chi connectivity index (χ3n) is 7.71. The Morgan fingerprint density at radius 1 is 0.837 bits per heavy atom. The number of aromatic nitrogens is 2. The van der Waals surface area contributed by atoms with Crippen LogP contribution in [0.2, 0.25) is 0 Å². The lowest BCUT2D eigenvalue weighted by atomic mass is 9.92. The van der Waals surface area contributed by atoms with Gasteiger partial charge in [0.2, 0.25) is 11.8 Å². The van der Waals surface area contributed by atoms with Gasteiger partial charge in [0.15, 0.2) is 0 Å². The van der Waals surface area contributed by atoms with Gasteiger partial charge in [-0.2, -0.15) is 0 Å². The van der Waals surface area contributed by atoms with Crippen LogP contribution in [0.15, 0.2) is 49.1 Å². The van der Waals surface area contributed by atoms with Crippen LogP contribution >= 0.6 is 0 Å². The molecular formula is C33H50N6O4. The topological polar surface area (TPSA) is 126 Å². The normalized spacial score (nSPS) is 16.0. The van der Waals surface area contributed by atoms with Crippen molar-refractivity contribution in [2.75, 3.05) is 26.2 Å². The molecule has 236 valence electrons. The number of amides is 3. The molecule has 0 aromatic carbocycles. The fraction of sp³-hybridized carbons (Fsp3) is 0.606. The van der Waals surface area contributed by atoms with Crippen LogP contribution in [0.3, 0.4) is 0 Å². The van der Waals surface area contributed by atoms with Gasteiger partial charge in [-0.25, -0.2) is 4.79 Å². The van der Waals surface area contributed by atoms with E-state index in [0.717, 1.165) is 55.8 Å². The Morgan fingerprint density at radius 3 is 1.77 bits per heavy atom. The number of hydrogen-bond donors (Lipinski definition) is 3. The van der Waals surface area contributed by atoms with Gasteiger partial charge in [-0.1, -0.05) is 12.1 Å². The lowest BCUT2D eigenvalue weighted by molar-refractivity contribution is -0.122. The van der Waals surface area contributed by atoms with Crippen molar-refractivity contribution in [3.8, 4) is 0 Å². The van der Waals surface area contributed by atoms with E-state index in [2.05, 4.69) is 25.9 Å². The van der Waals surface area contributed by atoms with E-state index in [0.29, 0.717) is 44.9 Å². The molecular weight excluding hydrogens is 544 g/mol. The first-order chi connectivity index (χ1) is 20.7. The molecule has 3 amide bonds. The molecule has 0 aliphatic carbocycles. The minimum atomic E-state index is -0.458. The third-order valence-corrected chi connectivity index (χ3v) is 7.71. The molecule has 3 N–H and O–H groups in total. The highest BCUT2D eigenvalue weighted by molar-refractivity contribution is 5.76. The molecule has 4 rings (SSSR count). The predicted octanol–water partition coefficient (Wildman–Crippen LogP) is 4.60. The largest absolute Gasteiger partial charge is 0.444 e. The molecule has 0 unspecified atom stereocenters. The van der Waals surface area contributed by atoms with Crippen LogP contribution in [0.25, 0.3) is 0 Å². The molecule has 0 saturated carbocycles. The van der Waals surface area contributed by atoms with Crippen molar-refractivity contribution in [2.24, 2.45) is 11.8 Å². The molecule has 0 bridgehead atoms. The summed E-state index contributed by atoms with van der Waals surface area (Å²) in [4.78, 5) is 45.5. The number of pyridine rings is 2. The molecule has 4 heterocycles. The van der Waals surface area contributed by atoms with E-state index in [1.54, 1.807) is 29.7 Å². The number of likely N-dealkylation sites (tertiary alicyclic amines) is 1. The fourth-order valence-electron chi connectivity index (χ4n) is 5.15. The maximum absolute atomic E-state index is 12.0. The summed E-state index contributed by atoms with van der Waals surface area (Å²) in [5.41, 5.74) is 1.59. The zero-order valence-corrected chi connectivity index (χ0v) is 26.1. The second-order valence-electron chi connectivity index (χ2n) is 12.5. The summed E-state index contributed by atoms with van der Waals surface area (Å²) in [6.07, 6.45) is 14.1. The molecule has 2 aromatic rings. The van der Waals surface area contributed by atoms with Gasteiger partial charge in [-0.05, 0) is 107 Å². The van der Waals surface area contributed by atoms with Crippen LogP contribution in [0.4, 0.5) is 4.79 Å². The average Bonchev–Trinajstić information content (AvgIpc) is 3.02. The van der Waals surface area contributed by atoms with Crippen molar-refractivity contribution in [2.45, 2.75) is 90.8 Å². The van der Waals surface area contributed by atoms with Gasteiger partial charge in [-0.15, -0.1) is 0 Å². The zero-order valence-electron chi connectivity index (χ0n) is 26.1. The number of nitrogens with one attached hydrogen (secondary N) is 3. The zero-order chi connectivity index (χ0) is 30.9. The predicted molar refractivity (Wildman–Crippen MR) is 167 cm³/mol. The van der Waals surface area contributed by atoms with Crippen molar-refractivity contribution in [1.29, 1.82) is 0 Å². The fourth-order valence-corrected chi connectivity index (χ4v) is 5.15. The number of rotatable bonds is 10. The quantitative estimate of drug-likeness (QED) is 0.367. The highest BCUT2D eigenvalue weighted by atomic mass is 16.6. The van der Waals surface area contributed by atoms with Crippen LogP contribution in [0.1, 0.15) is 83.3 Å². The van der Waals surface area contributed by atoms with Crippen LogP contribution < -0.4 is 16.0 Å². The Labute approximate surface area is 256 Å². The summed E-state index contributed by atoms with van der Waals surface area (Å²) in [5, 5.41) is 9.21. The molecule has 2 aliphatic rings. The molecule has 0 radical (unpaired) electrons. The van der Waals surface area contributed by atoms with Gasteiger partial charge in [0.25, 0.3) is 0 Å². The van der Waals surface area contributed by atoms with Crippen molar-refractivity contribution < 1.29 is 19.1 Å². The number of ether oxygens (including phenoxy) is 1. The first kappa shape index (κ1) is 34.0. The Bertz CT molecular complexity index is 1100. The van der Waals surface area contributed by atoms with Crippen LogP contribution in [-0.2, 0) is 27.4 Å². The summed E-state index contributed by atoms with van der Waals surface area (Å²) >= 11 is 0.